The molecule has 0 fully saturated rings. The first-order valence-corrected chi connectivity index (χ1v) is 13.1. The maximum atomic E-state index is 13.0. The van der Waals surface area contributed by atoms with E-state index in [9.17, 15) is 9.59 Å². The van der Waals surface area contributed by atoms with Crippen molar-refractivity contribution in [3.8, 4) is 0 Å². The number of carbonyl (C=O) groups is 2. The van der Waals surface area contributed by atoms with E-state index in [0.29, 0.717) is 18.6 Å². The normalized spacial score (nSPS) is 14.9. The Morgan fingerprint density at radius 1 is 1.09 bits per heavy atom. The lowest BCUT2D eigenvalue weighted by atomic mass is 10.1. The van der Waals surface area contributed by atoms with Gasteiger partial charge in [-0.25, -0.2) is 4.98 Å². The average Bonchev–Trinajstić information content (AvgIpc) is 3.41. The number of fused-ring (bicyclic) bond motifs is 2. The fourth-order valence-corrected chi connectivity index (χ4v) is 6.27. The highest BCUT2D eigenvalue weighted by Crippen LogP contribution is 2.35. The van der Waals surface area contributed by atoms with Gasteiger partial charge >= 0.3 is 0 Å². The van der Waals surface area contributed by atoms with Gasteiger partial charge in [-0.2, -0.15) is 0 Å². The molecule has 1 N–H and O–H groups in total. The quantitative estimate of drug-likeness (QED) is 0.328. The summed E-state index contributed by atoms with van der Waals surface area (Å²) in [5.74, 6) is 0.447. The summed E-state index contributed by atoms with van der Waals surface area (Å²) in [5.41, 5.74) is 5.05. The van der Waals surface area contributed by atoms with Gasteiger partial charge in [0.2, 0.25) is 11.8 Å². The fourth-order valence-electron chi connectivity index (χ4n) is 4.31. The van der Waals surface area contributed by atoms with Crippen LogP contribution in [0.1, 0.15) is 24.5 Å². The van der Waals surface area contributed by atoms with Gasteiger partial charge in [-0.15, -0.1) is 11.3 Å². The minimum absolute atomic E-state index is 0.00655. The number of aromatic nitrogens is 1. The number of thioether (sulfide) groups is 1. The molecule has 34 heavy (non-hydrogen) atoms. The lowest BCUT2D eigenvalue weighted by Crippen LogP contribution is -2.36. The number of amides is 2. The van der Waals surface area contributed by atoms with Crippen molar-refractivity contribution in [1.82, 2.24) is 4.98 Å². The minimum atomic E-state index is -0.00655. The van der Waals surface area contributed by atoms with Gasteiger partial charge in [-0.05, 0) is 55.2 Å². The van der Waals surface area contributed by atoms with E-state index in [2.05, 4.69) is 23.3 Å². The van der Waals surface area contributed by atoms with Gasteiger partial charge in [-0.3, -0.25) is 9.59 Å². The second-order valence-electron chi connectivity index (χ2n) is 8.43. The number of benzene rings is 3. The zero-order chi connectivity index (χ0) is 23.5. The van der Waals surface area contributed by atoms with Crippen molar-refractivity contribution in [3.63, 3.8) is 0 Å². The van der Waals surface area contributed by atoms with Gasteiger partial charge < -0.3 is 10.2 Å². The molecule has 1 atom stereocenters. The Labute approximate surface area is 207 Å². The molecule has 1 aliphatic heterocycles. The Kier molecular flexibility index (Phi) is 6.65. The third-order valence-electron chi connectivity index (χ3n) is 5.93. The summed E-state index contributed by atoms with van der Waals surface area (Å²) in [6.45, 7) is 2.09. The molecule has 1 aliphatic rings. The Balaban J connectivity index is 1.19. The van der Waals surface area contributed by atoms with Crippen molar-refractivity contribution in [2.24, 2.45) is 0 Å². The standard InChI is InChI=1S/C27H25N3O2S2/c1-18-15-20-9-5-6-10-23(20)30(18)26(32)17-33-27-29-22-13-12-21(16-24(22)34-27)28-25(31)14-11-19-7-3-2-4-8-19/h2-10,12-13,16,18H,11,14-15,17H2,1H3,(H,28,31). The zero-order valence-corrected chi connectivity index (χ0v) is 20.5. The molecule has 1 unspecified atom stereocenters. The number of thiazole rings is 1. The van der Waals surface area contributed by atoms with Crippen LogP contribution in [0.3, 0.4) is 0 Å². The molecule has 1 aromatic heterocycles. The monoisotopic (exact) mass is 487 g/mol. The van der Waals surface area contributed by atoms with E-state index in [0.717, 1.165) is 37.9 Å². The van der Waals surface area contributed by atoms with Gasteiger partial charge in [0.15, 0.2) is 4.34 Å². The smallest absolute Gasteiger partial charge is 0.237 e. The summed E-state index contributed by atoms with van der Waals surface area (Å²) in [6.07, 6.45) is 2.05. The van der Waals surface area contributed by atoms with E-state index < -0.39 is 0 Å². The van der Waals surface area contributed by atoms with Crippen LogP contribution in [0.5, 0.6) is 0 Å². The number of hydrogen-bond donors (Lipinski definition) is 1. The Hall–Kier alpha value is -3.16. The molecule has 2 amide bonds. The molecule has 2 heterocycles. The molecule has 4 aromatic rings. The molecule has 3 aromatic carbocycles. The number of nitrogens with zero attached hydrogens (tertiary/aromatic N) is 2. The average molecular weight is 488 g/mol. The molecular formula is C27H25N3O2S2. The topological polar surface area (TPSA) is 62.3 Å². The number of rotatable bonds is 7. The molecule has 7 heteroatoms. The number of para-hydroxylation sites is 1. The lowest BCUT2D eigenvalue weighted by molar-refractivity contribution is -0.117. The summed E-state index contributed by atoms with van der Waals surface area (Å²) < 4.78 is 1.85. The molecule has 0 aliphatic carbocycles. The van der Waals surface area contributed by atoms with Crippen LogP contribution in [-0.4, -0.2) is 28.6 Å². The van der Waals surface area contributed by atoms with Gasteiger partial charge in [0.05, 0.1) is 16.0 Å². The first-order chi connectivity index (χ1) is 16.6. The predicted molar refractivity (Wildman–Crippen MR) is 141 cm³/mol. The van der Waals surface area contributed by atoms with Gasteiger partial charge in [-0.1, -0.05) is 60.3 Å². The van der Waals surface area contributed by atoms with Crippen molar-refractivity contribution < 1.29 is 9.59 Å². The SMILES string of the molecule is CC1Cc2ccccc2N1C(=O)CSc1nc2ccc(NC(=O)CCc3ccccc3)cc2s1. The third kappa shape index (κ3) is 5.00. The van der Waals surface area contributed by atoms with Crippen LogP contribution in [0, 0.1) is 0 Å². The number of anilines is 2. The van der Waals surface area contributed by atoms with E-state index in [-0.39, 0.29) is 17.9 Å². The Bertz CT molecular complexity index is 1340. The number of hydrogen-bond acceptors (Lipinski definition) is 5. The van der Waals surface area contributed by atoms with E-state index in [1.807, 2.05) is 71.6 Å². The fraction of sp³-hybridized carbons (Fsp3) is 0.222. The van der Waals surface area contributed by atoms with Crippen LogP contribution in [0.4, 0.5) is 11.4 Å². The highest BCUT2D eigenvalue weighted by atomic mass is 32.2. The Morgan fingerprint density at radius 3 is 2.74 bits per heavy atom. The highest BCUT2D eigenvalue weighted by molar-refractivity contribution is 8.01. The van der Waals surface area contributed by atoms with Crippen LogP contribution in [0.25, 0.3) is 10.2 Å². The van der Waals surface area contributed by atoms with Crippen molar-refractivity contribution >= 4 is 56.5 Å². The maximum Gasteiger partial charge on any atom is 0.237 e. The van der Waals surface area contributed by atoms with Gasteiger partial charge in [0.25, 0.3) is 0 Å². The summed E-state index contributed by atoms with van der Waals surface area (Å²) in [5, 5.41) is 2.99. The molecule has 0 saturated carbocycles. The largest absolute Gasteiger partial charge is 0.326 e. The zero-order valence-electron chi connectivity index (χ0n) is 18.9. The molecule has 0 radical (unpaired) electrons. The van der Waals surface area contributed by atoms with E-state index >= 15 is 0 Å². The van der Waals surface area contributed by atoms with Crippen molar-refractivity contribution in [2.75, 3.05) is 16.0 Å². The summed E-state index contributed by atoms with van der Waals surface area (Å²) in [4.78, 5) is 31.9. The predicted octanol–water partition coefficient (Wildman–Crippen LogP) is 5.94. The lowest BCUT2D eigenvalue weighted by Gasteiger charge is -2.22. The minimum Gasteiger partial charge on any atom is -0.326 e. The van der Waals surface area contributed by atoms with Crippen LogP contribution in [0.2, 0.25) is 0 Å². The number of aryl methyl sites for hydroxylation is 1. The number of nitrogens with one attached hydrogen (secondary N) is 1. The molecule has 5 nitrogen and oxygen atoms in total. The second-order valence-corrected chi connectivity index (χ2v) is 10.7. The summed E-state index contributed by atoms with van der Waals surface area (Å²) >= 11 is 3.02. The van der Waals surface area contributed by atoms with Crippen LogP contribution in [0.15, 0.2) is 77.1 Å². The van der Waals surface area contributed by atoms with E-state index in [1.54, 1.807) is 11.3 Å². The summed E-state index contributed by atoms with van der Waals surface area (Å²) in [6, 6.07) is 24.1. The maximum absolute atomic E-state index is 13.0. The molecule has 0 spiro atoms. The van der Waals surface area contributed by atoms with Crippen molar-refractivity contribution in [2.45, 2.75) is 36.6 Å². The van der Waals surface area contributed by atoms with Crippen molar-refractivity contribution in [3.05, 3.63) is 83.9 Å². The van der Waals surface area contributed by atoms with E-state index in [4.69, 9.17) is 0 Å². The molecule has 5 rings (SSSR count). The van der Waals surface area contributed by atoms with Crippen LogP contribution in [-0.2, 0) is 22.4 Å². The van der Waals surface area contributed by atoms with Crippen LogP contribution >= 0.6 is 23.1 Å². The molecule has 0 saturated heterocycles. The third-order valence-corrected chi connectivity index (χ3v) is 8.08. The van der Waals surface area contributed by atoms with Gasteiger partial charge in [0.1, 0.15) is 0 Å². The first kappa shape index (κ1) is 22.6. The molecule has 0 bridgehead atoms. The second kappa shape index (κ2) is 9.99. The number of carbonyl (C=O) groups excluding carboxylic acids is 2. The van der Waals surface area contributed by atoms with Crippen molar-refractivity contribution in [1.29, 1.82) is 0 Å². The molecular weight excluding hydrogens is 462 g/mol. The Morgan fingerprint density at radius 2 is 1.88 bits per heavy atom. The molecule has 172 valence electrons. The van der Waals surface area contributed by atoms with Gasteiger partial charge in [0, 0.05) is 23.8 Å². The summed E-state index contributed by atoms with van der Waals surface area (Å²) in [7, 11) is 0. The van der Waals surface area contributed by atoms with Crippen LogP contribution < -0.4 is 10.2 Å². The highest BCUT2D eigenvalue weighted by Gasteiger charge is 2.30. The first-order valence-electron chi connectivity index (χ1n) is 11.3. The van der Waals surface area contributed by atoms with E-state index in [1.165, 1.54) is 17.3 Å².